The highest BCUT2D eigenvalue weighted by atomic mass is 19.4. The van der Waals surface area contributed by atoms with E-state index in [4.69, 9.17) is 20.4 Å². The van der Waals surface area contributed by atoms with E-state index < -0.39 is 29.7 Å². The minimum atomic E-state index is -5.08. The van der Waals surface area contributed by atoms with E-state index in [1.54, 1.807) is 0 Å². The largest absolute Gasteiger partial charge is 0.618 e. The van der Waals surface area contributed by atoms with Gasteiger partial charge in [-0.2, -0.15) is 17.9 Å². The molecule has 0 saturated heterocycles. The number of nitrogens with two attached hydrogens (primary N) is 1. The van der Waals surface area contributed by atoms with Gasteiger partial charge in [0.25, 0.3) is 5.69 Å². The molecule has 0 spiro atoms. The predicted molar refractivity (Wildman–Crippen MR) is 128 cm³/mol. The monoisotopic (exact) mass is 548 g/mol. The Hall–Kier alpha value is -5.27. The zero-order chi connectivity index (χ0) is 28.7. The molecule has 2 aromatic carbocycles. The number of pyridine rings is 2. The van der Waals surface area contributed by atoms with Gasteiger partial charge in [-0.15, -0.1) is 0 Å². The van der Waals surface area contributed by atoms with Crippen molar-refractivity contribution in [3.8, 4) is 22.8 Å². The number of aliphatic carboxylic acids is 1. The van der Waals surface area contributed by atoms with Gasteiger partial charge in [0.2, 0.25) is 5.69 Å². The summed E-state index contributed by atoms with van der Waals surface area (Å²) in [5, 5.41) is 22.3. The SMILES string of the molecule is Nc1cc(Oc2ccc(NC(=O)c3cccc(-c4ccc(F)cc4)[n+]3[O-])cc2F)ccn1.O=C(O)C(F)(F)F. The zero-order valence-corrected chi connectivity index (χ0v) is 19.4. The molecule has 0 bridgehead atoms. The lowest BCUT2D eigenvalue weighted by Gasteiger charge is -2.11. The van der Waals surface area contributed by atoms with Crippen molar-refractivity contribution < 1.29 is 46.1 Å². The van der Waals surface area contributed by atoms with Crippen LogP contribution in [0.5, 0.6) is 11.5 Å². The van der Waals surface area contributed by atoms with E-state index in [2.05, 4.69) is 10.3 Å². The maximum absolute atomic E-state index is 14.5. The fourth-order valence-electron chi connectivity index (χ4n) is 2.97. The van der Waals surface area contributed by atoms with Gasteiger partial charge in [-0.1, -0.05) is 0 Å². The maximum atomic E-state index is 14.5. The summed E-state index contributed by atoms with van der Waals surface area (Å²) in [6, 6.07) is 16.5. The van der Waals surface area contributed by atoms with Crippen molar-refractivity contribution in [3.05, 3.63) is 102 Å². The molecule has 0 saturated carbocycles. The van der Waals surface area contributed by atoms with E-state index in [9.17, 15) is 32.0 Å². The van der Waals surface area contributed by atoms with Gasteiger partial charge in [0.15, 0.2) is 11.6 Å². The van der Waals surface area contributed by atoms with Crippen LogP contribution in [0.2, 0.25) is 0 Å². The third kappa shape index (κ3) is 7.61. The van der Waals surface area contributed by atoms with Gasteiger partial charge in [-0.05, 0) is 48.5 Å². The van der Waals surface area contributed by atoms with E-state index in [1.807, 2.05) is 0 Å². The summed E-state index contributed by atoms with van der Waals surface area (Å²) in [4.78, 5) is 25.4. The number of carbonyl (C=O) groups is 2. The minimum Gasteiger partial charge on any atom is -0.618 e. The number of carboxylic acid groups (broad SMARTS) is 1. The van der Waals surface area contributed by atoms with E-state index in [-0.39, 0.29) is 28.6 Å². The quantitative estimate of drug-likeness (QED) is 0.183. The highest BCUT2D eigenvalue weighted by Gasteiger charge is 2.38. The van der Waals surface area contributed by atoms with E-state index in [0.29, 0.717) is 16.0 Å². The molecular formula is C25H17F5N4O5. The molecule has 4 aromatic rings. The van der Waals surface area contributed by atoms with Crippen molar-refractivity contribution in [2.24, 2.45) is 0 Å². The van der Waals surface area contributed by atoms with Gasteiger partial charge in [-0.3, -0.25) is 4.79 Å². The molecule has 39 heavy (non-hydrogen) atoms. The summed E-state index contributed by atoms with van der Waals surface area (Å²) < 4.78 is 65.2. The summed E-state index contributed by atoms with van der Waals surface area (Å²) in [6.07, 6.45) is -3.66. The van der Waals surface area contributed by atoms with Crippen LogP contribution in [0, 0.1) is 16.8 Å². The van der Waals surface area contributed by atoms with Crippen LogP contribution in [0.15, 0.2) is 79.0 Å². The topological polar surface area (TPSA) is 141 Å². The molecule has 4 rings (SSSR count). The predicted octanol–water partition coefficient (Wildman–Crippen LogP) is 4.92. The first-order chi connectivity index (χ1) is 18.3. The van der Waals surface area contributed by atoms with Crippen LogP contribution in [0.3, 0.4) is 0 Å². The average molecular weight is 548 g/mol. The number of nitrogens with zero attached hydrogens (tertiary/aromatic N) is 2. The number of alkyl halides is 3. The van der Waals surface area contributed by atoms with Crippen LogP contribution in [0.1, 0.15) is 10.5 Å². The van der Waals surface area contributed by atoms with Gasteiger partial charge in [0.05, 0.1) is 0 Å². The number of rotatable bonds is 5. The second kappa shape index (κ2) is 11.9. The van der Waals surface area contributed by atoms with Gasteiger partial charge in [-0.25, -0.2) is 18.6 Å². The van der Waals surface area contributed by atoms with Crippen LogP contribution < -0.4 is 20.5 Å². The molecule has 2 aromatic heterocycles. The summed E-state index contributed by atoms with van der Waals surface area (Å²) >= 11 is 0. The lowest BCUT2D eigenvalue weighted by atomic mass is 10.1. The van der Waals surface area contributed by atoms with Crippen molar-refractivity contribution >= 4 is 23.4 Å². The summed E-state index contributed by atoms with van der Waals surface area (Å²) in [6.45, 7) is 0. The highest BCUT2D eigenvalue weighted by molar-refractivity contribution is 6.02. The molecule has 1 amide bonds. The summed E-state index contributed by atoms with van der Waals surface area (Å²) in [5.74, 6) is -4.22. The number of carboxylic acids is 1. The number of carbonyl (C=O) groups excluding carboxylic acids is 1. The molecule has 14 heteroatoms. The lowest BCUT2D eigenvalue weighted by Crippen LogP contribution is -2.38. The molecule has 0 aliphatic rings. The number of ether oxygens (including phenoxy) is 1. The molecule has 0 atom stereocenters. The first kappa shape index (κ1) is 28.3. The first-order valence-electron chi connectivity index (χ1n) is 10.6. The van der Waals surface area contributed by atoms with Crippen molar-refractivity contribution in [3.63, 3.8) is 0 Å². The lowest BCUT2D eigenvalue weighted by molar-refractivity contribution is -0.595. The number of hydrogen-bond donors (Lipinski definition) is 3. The molecule has 0 aliphatic carbocycles. The van der Waals surface area contributed by atoms with E-state index in [1.165, 1.54) is 72.9 Å². The Morgan fingerprint density at radius 1 is 1.00 bits per heavy atom. The zero-order valence-electron chi connectivity index (χ0n) is 19.4. The number of nitrogens with one attached hydrogen (secondary N) is 1. The first-order valence-corrected chi connectivity index (χ1v) is 10.6. The molecule has 0 fully saturated rings. The average Bonchev–Trinajstić information content (AvgIpc) is 2.86. The Kier molecular flexibility index (Phi) is 8.60. The Balaban J connectivity index is 0.000000532. The smallest absolute Gasteiger partial charge is 0.490 e. The number of amides is 1. The number of anilines is 2. The van der Waals surface area contributed by atoms with Crippen molar-refractivity contribution in [2.45, 2.75) is 6.18 Å². The van der Waals surface area contributed by atoms with Gasteiger partial charge in [0.1, 0.15) is 17.4 Å². The molecule has 0 radical (unpaired) electrons. The molecule has 2 heterocycles. The van der Waals surface area contributed by atoms with E-state index in [0.717, 1.165) is 6.07 Å². The standard InChI is InChI=1S/C23H16F2N4O3.C2HF3O2/c24-15-6-4-14(5-7-15)19-2-1-3-20(29(19)31)23(30)28-16-8-9-21(18(25)12-16)32-17-10-11-27-22(26)13-17;3-2(4,5)1(6)7/h1-13H,(H2,26,27)(H,28,30);(H,6,7). The van der Waals surface area contributed by atoms with Crippen LogP contribution in [0.25, 0.3) is 11.3 Å². The number of nitrogen functional groups attached to an aromatic ring is 1. The van der Waals surface area contributed by atoms with E-state index >= 15 is 0 Å². The van der Waals surface area contributed by atoms with Gasteiger partial charge >= 0.3 is 18.1 Å². The number of hydrogen-bond acceptors (Lipinski definition) is 6. The van der Waals surface area contributed by atoms with Crippen LogP contribution in [0.4, 0.5) is 33.5 Å². The normalized spacial score (nSPS) is 10.7. The maximum Gasteiger partial charge on any atom is 0.490 e. The molecule has 0 unspecified atom stereocenters. The Morgan fingerprint density at radius 3 is 2.26 bits per heavy atom. The second-order valence-electron chi connectivity index (χ2n) is 7.52. The Bertz CT molecular complexity index is 1500. The number of halogens is 5. The molecular weight excluding hydrogens is 531 g/mol. The van der Waals surface area contributed by atoms with Crippen LogP contribution >= 0.6 is 0 Å². The molecule has 0 aliphatic heterocycles. The highest BCUT2D eigenvalue weighted by Crippen LogP contribution is 2.27. The minimum absolute atomic E-state index is 0.0780. The van der Waals surface area contributed by atoms with Crippen molar-refractivity contribution in [2.75, 3.05) is 11.1 Å². The number of benzene rings is 2. The fraction of sp³-hybridized carbons (Fsp3) is 0.0400. The molecule has 9 nitrogen and oxygen atoms in total. The van der Waals surface area contributed by atoms with Crippen molar-refractivity contribution in [1.82, 2.24) is 4.98 Å². The van der Waals surface area contributed by atoms with Crippen LogP contribution in [-0.2, 0) is 4.79 Å². The fourth-order valence-corrected chi connectivity index (χ4v) is 2.97. The second-order valence-corrected chi connectivity index (χ2v) is 7.52. The van der Waals surface area contributed by atoms with Crippen LogP contribution in [-0.4, -0.2) is 28.1 Å². The number of aromatic nitrogens is 2. The van der Waals surface area contributed by atoms with Crippen molar-refractivity contribution in [1.29, 1.82) is 0 Å². The summed E-state index contributed by atoms with van der Waals surface area (Å²) in [7, 11) is 0. The third-order valence-electron chi connectivity index (χ3n) is 4.73. The Morgan fingerprint density at radius 2 is 1.67 bits per heavy atom. The van der Waals surface area contributed by atoms with Gasteiger partial charge < -0.3 is 26.1 Å². The van der Waals surface area contributed by atoms with Gasteiger partial charge in [0, 0.05) is 41.7 Å². The third-order valence-corrected chi connectivity index (χ3v) is 4.73. The Labute approximate surface area is 216 Å². The molecule has 4 N–H and O–H groups in total. The summed E-state index contributed by atoms with van der Waals surface area (Å²) in [5.41, 5.74) is 6.11. The molecule has 202 valence electrons.